The fourth-order valence-electron chi connectivity index (χ4n) is 3.38. The number of halogens is 1. The summed E-state index contributed by atoms with van der Waals surface area (Å²) in [6, 6.07) is 10.4. The summed E-state index contributed by atoms with van der Waals surface area (Å²) in [4.78, 5) is 41.3. The summed E-state index contributed by atoms with van der Waals surface area (Å²) in [6.07, 6.45) is -1.01. The van der Waals surface area contributed by atoms with E-state index in [0.717, 1.165) is 17.0 Å². The van der Waals surface area contributed by atoms with Crippen molar-refractivity contribution >= 4 is 23.4 Å². The molecule has 2 aromatic rings. The van der Waals surface area contributed by atoms with Crippen LogP contribution in [0.1, 0.15) is 16.8 Å². The van der Waals surface area contributed by atoms with Crippen molar-refractivity contribution in [1.82, 2.24) is 4.90 Å². The number of nitrogens with zero attached hydrogens (tertiary/aromatic N) is 2. The van der Waals surface area contributed by atoms with E-state index in [9.17, 15) is 18.8 Å². The lowest BCUT2D eigenvalue weighted by Crippen LogP contribution is -2.49. The highest BCUT2D eigenvalue weighted by Crippen LogP contribution is 2.27. The van der Waals surface area contributed by atoms with Crippen LogP contribution >= 0.6 is 0 Å². The molecule has 1 unspecified atom stereocenters. The largest absolute Gasteiger partial charge is 0.497 e. The first-order valence-electron chi connectivity index (χ1n) is 9.52. The molecule has 1 heterocycles. The van der Waals surface area contributed by atoms with Gasteiger partial charge in [0, 0.05) is 19.8 Å². The van der Waals surface area contributed by atoms with Gasteiger partial charge in [-0.15, -0.1) is 0 Å². The fraction of sp³-hybridized carbons (Fsp3) is 0.318. The van der Waals surface area contributed by atoms with Crippen molar-refractivity contribution in [2.75, 3.05) is 32.8 Å². The molecule has 0 radical (unpaired) electrons. The first-order valence-corrected chi connectivity index (χ1v) is 9.52. The number of hydrogen-bond acceptors (Lipinski definition) is 6. The molecule has 3 amide bonds. The number of carbonyl (C=O) groups excluding carboxylic acids is 3. The third-order valence-electron chi connectivity index (χ3n) is 5.05. The highest BCUT2D eigenvalue weighted by molar-refractivity contribution is 6.23. The van der Waals surface area contributed by atoms with E-state index < -0.39 is 35.9 Å². The number of methoxy groups -OCH3 is 3. The van der Waals surface area contributed by atoms with E-state index in [1.165, 1.54) is 38.4 Å². The molecule has 0 spiro atoms. The Morgan fingerprint density at radius 1 is 1.06 bits per heavy atom. The SMILES string of the molecule is COc1ccc(C(=O)N(CC(OC)OC)C2CC(=O)N(c3ccc(F)cc3)C2=O)cc1. The number of hydrogen-bond donors (Lipinski definition) is 0. The smallest absolute Gasteiger partial charge is 0.257 e. The number of carbonyl (C=O) groups is 3. The molecule has 1 aliphatic rings. The zero-order valence-electron chi connectivity index (χ0n) is 17.4. The Bertz CT molecular complexity index is 943. The van der Waals surface area contributed by atoms with E-state index in [4.69, 9.17) is 14.2 Å². The molecule has 1 fully saturated rings. The predicted molar refractivity (Wildman–Crippen MR) is 109 cm³/mol. The Morgan fingerprint density at radius 2 is 1.68 bits per heavy atom. The molecule has 0 bridgehead atoms. The second kappa shape index (κ2) is 9.67. The number of amides is 3. The van der Waals surface area contributed by atoms with E-state index in [2.05, 4.69) is 0 Å². The number of anilines is 1. The summed E-state index contributed by atoms with van der Waals surface area (Å²) in [7, 11) is 4.34. The van der Waals surface area contributed by atoms with Crippen LogP contribution in [0.3, 0.4) is 0 Å². The number of rotatable bonds is 8. The molecule has 1 aliphatic heterocycles. The first kappa shape index (κ1) is 22.4. The van der Waals surface area contributed by atoms with Gasteiger partial charge in [-0.2, -0.15) is 0 Å². The van der Waals surface area contributed by atoms with Gasteiger partial charge in [0.1, 0.15) is 17.6 Å². The Kier molecular flexibility index (Phi) is 6.98. The summed E-state index contributed by atoms with van der Waals surface area (Å²) in [5.41, 5.74) is 0.554. The highest BCUT2D eigenvalue weighted by atomic mass is 19.1. The zero-order valence-corrected chi connectivity index (χ0v) is 17.4. The van der Waals surface area contributed by atoms with Crippen LogP contribution in [0.15, 0.2) is 48.5 Å². The van der Waals surface area contributed by atoms with E-state index in [1.54, 1.807) is 24.3 Å². The van der Waals surface area contributed by atoms with Crippen molar-refractivity contribution in [3.63, 3.8) is 0 Å². The second-order valence-corrected chi connectivity index (χ2v) is 6.85. The molecule has 1 saturated heterocycles. The predicted octanol–water partition coefficient (Wildman–Crippen LogP) is 2.23. The fourth-order valence-corrected chi connectivity index (χ4v) is 3.38. The average molecular weight is 430 g/mol. The van der Waals surface area contributed by atoms with E-state index >= 15 is 0 Å². The lowest BCUT2D eigenvalue weighted by atomic mass is 10.1. The van der Waals surface area contributed by atoms with Gasteiger partial charge >= 0.3 is 0 Å². The molecule has 164 valence electrons. The lowest BCUT2D eigenvalue weighted by Gasteiger charge is -2.30. The van der Waals surface area contributed by atoms with Crippen molar-refractivity contribution in [2.24, 2.45) is 0 Å². The lowest BCUT2D eigenvalue weighted by molar-refractivity contribution is -0.128. The number of imide groups is 1. The molecule has 0 aromatic heterocycles. The van der Waals surface area contributed by atoms with Crippen LogP contribution in [-0.4, -0.2) is 62.8 Å². The van der Waals surface area contributed by atoms with Crippen LogP contribution in [0.2, 0.25) is 0 Å². The monoisotopic (exact) mass is 430 g/mol. The van der Waals surface area contributed by atoms with Gasteiger partial charge in [-0.1, -0.05) is 0 Å². The molecular formula is C22H23FN2O6. The molecule has 8 nitrogen and oxygen atoms in total. The van der Waals surface area contributed by atoms with Gasteiger partial charge in [0.25, 0.3) is 11.8 Å². The van der Waals surface area contributed by atoms with Gasteiger partial charge in [-0.3, -0.25) is 14.4 Å². The minimum atomic E-state index is -1.06. The van der Waals surface area contributed by atoms with Crippen molar-refractivity contribution < 1.29 is 33.0 Å². The summed E-state index contributed by atoms with van der Waals surface area (Å²) in [6.45, 7) is -0.0706. The molecule has 31 heavy (non-hydrogen) atoms. The highest BCUT2D eigenvalue weighted by Gasteiger charge is 2.45. The summed E-state index contributed by atoms with van der Waals surface area (Å²) >= 11 is 0. The van der Waals surface area contributed by atoms with Gasteiger partial charge < -0.3 is 19.1 Å². The van der Waals surface area contributed by atoms with Crippen molar-refractivity contribution in [3.05, 3.63) is 59.9 Å². The van der Waals surface area contributed by atoms with E-state index in [-0.39, 0.29) is 18.7 Å². The minimum absolute atomic E-state index is 0.0706. The van der Waals surface area contributed by atoms with Crippen LogP contribution < -0.4 is 9.64 Å². The maximum Gasteiger partial charge on any atom is 0.257 e. The summed E-state index contributed by atoms with van der Waals surface area (Å²) in [5, 5.41) is 0. The molecule has 2 aromatic carbocycles. The molecule has 0 aliphatic carbocycles. The van der Waals surface area contributed by atoms with Gasteiger partial charge in [0.15, 0.2) is 6.29 Å². The molecular weight excluding hydrogens is 407 g/mol. The van der Waals surface area contributed by atoms with Crippen LogP contribution in [0, 0.1) is 5.82 Å². The number of benzene rings is 2. The molecule has 3 rings (SSSR count). The average Bonchev–Trinajstić information content (AvgIpc) is 3.08. The molecule has 9 heteroatoms. The van der Waals surface area contributed by atoms with Gasteiger partial charge in [-0.25, -0.2) is 9.29 Å². The van der Waals surface area contributed by atoms with Gasteiger partial charge in [0.2, 0.25) is 5.91 Å². The molecule has 0 N–H and O–H groups in total. The van der Waals surface area contributed by atoms with E-state index in [1.807, 2.05) is 0 Å². The maximum absolute atomic E-state index is 13.3. The van der Waals surface area contributed by atoms with Gasteiger partial charge in [-0.05, 0) is 48.5 Å². The number of ether oxygens (including phenoxy) is 3. The van der Waals surface area contributed by atoms with Crippen molar-refractivity contribution in [3.8, 4) is 5.75 Å². The molecule has 0 saturated carbocycles. The summed E-state index contributed by atoms with van der Waals surface area (Å²) < 4.78 is 28.8. The quantitative estimate of drug-likeness (QED) is 0.472. The van der Waals surface area contributed by atoms with Crippen molar-refractivity contribution in [1.29, 1.82) is 0 Å². The second-order valence-electron chi connectivity index (χ2n) is 6.85. The Morgan fingerprint density at radius 3 is 2.23 bits per heavy atom. The minimum Gasteiger partial charge on any atom is -0.497 e. The van der Waals surface area contributed by atoms with E-state index in [0.29, 0.717) is 11.3 Å². The third kappa shape index (κ3) is 4.73. The standard InChI is InChI=1S/C22H23FN2O6/c1-29-17-10-4-14(5-11-17)21(27)24(13-20(30-2)31-3)18-12-19(26)25(22(18)28)16-8-6-15(23)7-9-16/h4-11,18,20H,12-13H2,1-3H3. The normalized spacial score (nSPS) is 16.2. The van der Waals surface area contributed by atoms with Crippen LogP contribution in [0.5, 0.6) is 5.75 Å². The Hall–Kier alpha value is -3.30. The maximum atomic E-state index is 13.3. The zero-order chi connectivity index (χ0) is 22.5. The Labute approximate surface area is 179 Å². The van der Waals surface area contributed by atoms with Crippen LogP contribution in [0.25, 0.3) is 0 Å². The van der Waals surface area contributed by atoms with Gasteiger partial charge in [0.05, 0.1) is 25.8 Å². The topological polar surface area (TPSA) is 85.4 Å². The Balaban J connectivity index is 1.92. The van der Waals surface area contributed by atoms with Crippen LogP contribution in [0.4, 0.5) is 10.1 Å². The van der Waals surface area contributed by atoms with Crippen LogP contribution in [-0.2, 0) is 19.1 Å². The summed E-state index contributed by atoms with van der Waals surface area (Å²) in [5.74, 6) is -1.44. The van der Waals surface area contributed by atoms with Crippen molar-refractivity contribution in [2.45, 2.75) is 18.8 Å². The molecule has 1 atom stereocenters. The first-order chi connectivity index (χ1) is 14.9. The third-order valence-corrected chi connectivity index (χ3v) is 5.05.